The molecule has 1 aliphatic heterocycles. The van der Waals surface area contributed by atoms with Crippen LogP contribution >= 0.6 is 0 Å². The molecule has 1 fully saturated rings. The Bertz CT molecular complexity index is 668. The Morgan fingerprint density at radius 1 is 1.12 bits per heavy atom. The molecule has 2 amide bonds. The summed E-state index contributed by atoms with van der Waals surface area (Å²) in [7, 11) is 0. The normalized spacial score (nSPS) is 15.0. The maximum atomic E-state index is 12.5. The number of amides is 2. The van der Waals surface area contributed by atoms with Crippen molar-refractivity contribution in [1.82, 2.24) is 10.2 Å². The van der Waals surface area contributed by atoms with Gasteiger partial charge in [0.05, 0.1) is 0 Å². The molecule has 1 aromatic carbocycles. The maximum absolute atomic E-state index is 12.5. The van der Waals surface area contributed by atoms with E-state index in [1.54, 1.807) is 36.4 Å². The van der Waals surface area contributed by atoms with Crippen molar-refractivity contribution in [2.45, 2.75) is 26.2 Å². The van der Waals surface area contributed by atoms with Gasteiger partial charge in [0.25, 0.3) is 11.8 Å². The maximum Gasteiger partial charge on any atom is 0.255 e. The molecule has 126 valence electrons. The third-order valence-corrected chi connectivity index (χ3v) is 3.89. The lowest BCUT2D eigenvalue weighted by Gasteiger charge is -2.26. The van der Waals surface area contributed by atoms with Gasteiger partial charge in [0.2, 0.25) is 0 Å². The van der Waals surface area contributed by atoms with E-state index in [1.807, 2.05) is 24.0 Å². The highest BCUT2D eigenvalue weighted by atomic mass is 16.2. The smallest absolute Gasteiger partial charge is 0.255 e. The lowest BCUT2D eigenvalue weighted by molar-refractivity contribution is 0.0724. The Morgan fingerprint density at radius 3 is 2.54 bits per heavy atom. The molecular weight excluding hydrogens is 300 g/mol. The first kappa shape index (κ1) is 17.7. The van der Waals surface area contributed by atoms with Gasteiger partial charge < -0.3 is 10.2 Å². The molecule has 2 rings (SSSR count). The van der Waals surface area contributed by atoms with Crippen molar-refractivity contribution >= 4 is 11.8 Å². The number of nitrogens with one attached hydrogen (secondary N) is 1. The van der Waals surface area contributed by atoms with Crippen molar-refractivity contribution < 1.29 is 9.59 Å². The molecule has 1 heterocycles. The summed E-state index contributed by atoms with van der Waals surface area (Å²) >= 11 is 0. The molecule has 0 atom stereocenters. The highest BCUT2D eigenvalue weighted by Crippen LogP contribution is 2.14. The quantitative estimate of drug-likeness (QED) is 0.840. The van der Waals surface area contributed by atoms with E-state index in [4.69, 9.17) is 0 Å². The number of rotatable bonds is 5. The van der Waals surface area contributed by atoms with E-state index in [0.717, 1.165) is 25.9 Å². The number of benzene rings is 1. The molecule has 1 N–H and O–H groups in total. The second kappa shape index (κ2) is 8.87. The monoisotopic (exact) mass is 324 g/mol. The van der Waals surface area contributed by atoms with E-state index in [-0.39, 0.29) is 11.8 Å². The van der Waals surface area contributed by atoms with E-state index >= 15 is 0 Å². The Kier molecular flexibility index (Phi) is 6.55. The Hall–Kier alpha value is -2.62. The van der Waals surface area contributed by atoms with Crippen LogP contribution in [0.3, 0.4) is 0 Å². The molecule has 0 bridgehead atoms. The second-order valence-corrected chi connectivity index (χ2v) is 5.80. The van der Waals surface area contributed by atoms with Crippen molar-refractivity contribution in [2.24, 2.45) is 0 Å². The van der Waals surface area contributed by atoms with Gasteiger partial charge in [-0.3, -0.25) is 9.59 Å². The number of piperidine rings is 1. The molecule has 0 spiro atoms. The van der Waals surface area contributed by atoms with Crippen LogP contribution < -0.4 is 5.32 Å². The van der Waals surface area contributed by atoms with E-state index in [0.29, 0.717) is 16.8 Å². The van der Waals surface area contributed by atoms with Gasteiger partial charge in [0.1, 0.15) is 0 Å². The van der Waals surface area contributed by atoms with Gasteiger partial charge in [-0.05, 0) is 50.5 Å². The first-order chi connectivity index (χ1) is 11.6. The number of hydrogen-bond acceptors (Lipinski definition) is 2. The van der Waals surface area contributed by atoms with Crippen LogP contribution in [0.15, 0.2) is 60.8 Å². The molecule has 1 aliphatic rings. The summed E-state index contributed by atoms with van der Waals surface area (Å²) in [6.45, 7) is 7.30. The molecule has 0 radical (unpaired) electrons. The minimum atomic E-state index is -0.265. The van der Waals surface area contributed by atoms with Crippen LogP contribution in [0, 0.1) is 0 Å². The van der Waals surface area contributed by atoms with Crippen LogP contribution in [0.25, 0.3) is 0 Å². The zero-order valence-corrected chi connectivity index (χ0v) is 14.1. The van der Waals surface area contributed by atoms with Gasteiger partial charge >= 0.3 is 0 Å². The number of hydrogen-bond donors (Lipinski definition) is 1. The first-order valence-electron chi connectivity index (χ1n) is 8.31. The van der Waals surface area contributed by atoms with Crippen molar-refractivity contribution in [3.8, 4) is 0 Å². The highest BCUT2D eigenvalue weighted by molar-refractivity contribution is 6.00. The Labute approximate surface area is 143 Å². The first-order valence-corrected chi connectivity index (χ1v) is 8.31. The lowest BCUT2D eigenvalue weighted by Crippen LogP contribution is -2.35. The van der Waals surface area contributed by atoms with Crippen LogP contribution in [0.2, 0.25) is 0 Å². The molecule has 1 aromatic rings. The second-order valence-electron chi connectivity index (χ2n) is 5.80. The van der Waals surface area contributed by atoms with Crippen LogP contribution in [0.1, 0.15) is 46.9 Å². The van der Waals surface area contributed by atoms with Crippen LogP contribution in [0.5, 0.6) is 0 Å². The van der Waals surface area contributed by atoms with Gasteiger partial charge in [-0.25, -0.2) is 0 Å². The van der Waals surface area contributed by atoms with E-state index < -0.39 is 0 Å². The molecular formula is C20H24N2O2. The molecule has 24 heavy (non-hydrogen) atoms. The van der Waals surface area contributed by atoms with Crippen LogP contribution in [-0.2, 0) is 0 Å². The standard InChI is InChI=1S/C20H24N2O2/c1-3-4-6-10-16(2)21-19(23)17-11-9-12-18(15-17)20(24)22-13-7-5-8-14-22/h3-4,6,9-12,15H,2,5,7-8,13-14H2,1H3,(H,21,23)/b4-3-,10-6-. The molecule has 1 saturated heterocycles. The SMILES string of the molecule is C=C(/C=C\C=C/C)NC(=O)c1cccc(C(=O)N2CCCCC2)c1. The molecule has 0 aliphatic carbocycles. The summed E-state index contributed by atoms with van der Waals surface area (Å²) in [5.41, 5.74) is 1.52. The van der Waals surface area contributed by atoms with Crippen molar-refractivity contribution in [2.75, 3.05) is 13.1 Å². The van der Waals surface area contributed by atoms with E-state index in [2.05, 4.69) is 11.9 Å². The number of carbonyl (C=O) groups is 2. The molecule has 4 heteroatoms. The van der Waals surface area contributed by atoms with Gasteiger partial charge in [-0.2, -0.15) is 0 Å². The summed E-state index contributed by atoms with van der Waals surface area (Å²) in [6.07, 6.45) is 10.5. The van der Waals surface area contributed by atoms with Crippen molar-refractivity contribution in [3.63, 3.8) is 0 Å². The van der Waals surface area contributed by atoms with Crippen molar-refractivity contribution in [1.29, 1.82) is 0 Å². The van der Waals surface area contributed by atoms with Crippen LogP contribution in [0.4, 0.5) is 0 Å². The summed E-state index contributed by atoms with van der Waals surface area (Å²) in [4.78, 5) is 26.7. The summed E-state index contributed by atoms with van der Waals surface area (Å²) in [6, 6.07) is 6.85. The average Bonchev–Trinajstić information content (AvgIpc) is 2.62. The predicted octanol–water partition coefficient (Wildman–Crippen LogP) is 3.69. The Balaban J connectivity index is 2.04. The molecule has 0 aromatic heterocycles. The van der Waals surface area contributed by atoms with Gasteiger partial charge in [0, 0.05) is 29.9 Å². The van der Waals surface area contributed by atoms with E-state index in [1.165, 1.54) is 6.42 Å². The highest BCUT2D eigenvalue weighted by Gasteiger charge is 2.19. The number of allylic oxidation sites excluding steroid dienone is 4. The number of carbonyl (C=O) groups excluding carboxylic acids is 2. The minimum Gasteiger partial charge on any atom is -0.339 e. The third kappa shape index (κ3) is 4.95. The van der Waals surface area contributed by atoms with Gasteiger partial charge in [-0.1, -0.05) is 30.9 Å². The fourth-order valence-corrected chi connectivity index (χ4v) is 2.62. The van der Waals surface area contributed by atoms with Crippen LogP contribution in [-0.4, -0.2) is 29.8 Å². The third-order valence-electron chi connectivity index (χ3n) is 3.89. The topological polar surface area (TPSA) is 49.4 Å². The lowest BCUT2D eigenvalue weighted by atomic mass is 10.1. The van der Waals surface area contributed by atoms with Crippen molar-refractivity contribution in [3.05, 3.63) is 72.0 Å². The number of nitrogens with zero attached hydrogens (tertiary/aromatic N) is 1. The summed E-state index contributed by atoms with van der Waals surface area (Å²) < 4.78 is 0. The zero-order chi connectivity index (χ0) is 17.4. The van der Waals surface area contributed by atoms with Gasteiger partial charge in [-0.15, -0.1) is 0 Å². The average molecular weight is 324 g/mol. The zero-order valence-electron chi connectivity index (χ0n) is 14.1. The summed E-state index contributed by atoms with van der Waals surface area (Å²) in [5, 5.41) is 2.72. The fourth-order valence-electron chi connectivity index (χ4n) is 2.62. The minimum absolute atomic E-state index is 0.00356. The van der Waals surface area contributed by atoms with E-state index in [9.17, 15) is 9.59 Å². The molecule has 0 unspecified atom stereocenters. The largest absolute Gasteiger partial charge is 0.339 e. The fraction of sp³-hybridized carbons (Fsp3) is 0.300. The van der Waals surface area contributed by atoms with Gasteiger partial charge in [0.15, 0.2) is 0 Å². The molecule has 0 saturated carbocycles. The predicted molar refractivity (Wildman–Crippen MR) is 96.8 cm³/mol. The number of likely N-dealkylation sites (tertiary alicyclic amines) is 1. The summed E-state index contributed by atoms with van der Waals surface area (Å²) in [5.74, 6) is -0.269. The molecule has 4 nitrogen and oxygen atoms in total. The Morgan fingerprint density at radius 2 is 1.83 bits per heavy atom.